The van der Waals surface area contributed by atoms with E-state index < -0.39 is 13.9 Å². The molecule has 0 fully saturated rings. The van der Waals surface area contributed by atoms with Gasteiger partial charge in [-0.25, -0.2) is 9.67 Å². The zero-order valence-corrected chi connectivity index (χ0v) is 15.9. The summed E-state index contributed by atoms with van der Waals surface area (Å²) in [7, 11) is -1.84. The summed E-state index contributed by atoms with van der Waals surface area (Å²) < 4.78 is 8.53. The van der Waals surface area contributed by atoms with Crippen molar-refractivity contribution in [2.24, 2.45) is 5.92 Å². The lowest BCUT2D eigenvalue weighted by molar-refractivity contribution is 0.0000236. The van der Waals surface area contributed by atoms with E-state index in [0.29, 0.717) is 11.6 Å². The molecular formula is C17H24ClN3OSi. The molecule has 6 heteroatoms. The lowest BCUT2D eigenvalue weighted by Gasteiger charge is -2.43. The maximum atomic E-state index is 6.71. The van der Waals surface area contributed by atoms with Gasteiger partial charge in [0.15, 0.2) is 8.32 Å². The molecule has 1 aromatic heterocycles. The number of halogens is 1. The van der Waals surface area contributed by atoms with Gasteiger partial charge in [0.05, 0.1) is 6.54 Å². The molecule has 23 heavy (non-hydrogen) atoms. The Morgan fingerprint density at radius 1 is 1.35 bits per heavy atom. The Morgan fingerprint density at radius 2 is 2.00 bits per heavy atom. The summed E-state index contributed by atoms with van der Waals surface area (Å²) in [6, 6.07) is 7.85. The van der Waals surface area contributed by atoms with Crippen molar-refractivity contribution in [3.05, 3.63) is 60.2 Å². The molecule has 0 saturated carbocycles. The molecular weight excluding hydrogens is 326 g/mol. The van der Waals surface area contributed by atoms with Crippen LogP contribution in [0.4, 0.5) is 0 Å². The van der Waals surface area contributed by atoms with E-state index in [1.54, 1.807) is 12.7 Å². The predicted octanol–water partition coefficient (Wildman–Crippen LogP) is 4.50. The lowest BCUT2D eigenvalue weighted by Crippen LogP contribution is -2.47. The number of aromatic nitrogens is 3. The molecule has 4 nitrogen and oxygen atoms in total. The van der Waals surface area contributed by atoms with Gasteiger partial charge < -0.3 is 4.43 Å². The van der Waals surface area contributed by atoms with Crippen LogP contribution in [0.3, 0.4) is 0 Å². The van der Waals surface area contributed by atoms with Crippen molar-refractivity contribution in [1.29, 1.82) is 0 Å². The van der Waals surface area contributed by atoms with Crippen molar-refractivity contribution in [2.75, 3.05) is 0 Å². The smallest absolute Gasteiger partial charge is 0.185 e. The minimum absolute atomic E-state index is 0.0969. The monoisotopic (exact) mass is 349 g/mol. The lowest BCUT2D eigenvalue weighted by atomic mass is 9.82. The van der Waals surface area contributed by atoms with Gasteiger partial charge in [0.1, 0.15) is 18.3 Å². The second-order valence-electron chi connectivity index (χ2n) is 6.73. The zero-order chi connectivity index (χ0) is 17.1. The SMILES string of the molecule is C=C[C@@H](C)[C@@](Cn1cncn1)(O[Si](C)(C)C)c1ccc(Cl)cc1. The number of benzene rings is 1. The molecule has 0 radical (unpaired) electrons. The Balaban J connectivity index is 2.56. The third kappa shape index (κ3) is 4.31. The average Bonchev–Trinajstić information content (AvgIpc) is 2.97. The maximum Gasteiger partial charge on any atom is 0.185 e. The highest BCUT2D eigenvalue weighted by molar-refractivity contribution is 6.69. The number of hydrogen-bond donors (Lipinski definition) is 0. The minimum atomic E-state index is -1.84. The zero-order valence-electron chi connectivity index (χ0n) is 14.2. The van der Waals surface area contributed by atoms with Crippen molar-refractivity contribution in [2.45, 2.75) is 38.7 Å². The topological polar surface area (TPSA) is 39.9 Å². The van der Waals surface area contributed by atoms with Crippen molar-refractivity contribution in [3.63, 3.8) is 0 Å². The van der Waals surface area contributed by atoms with Gasteiger partial charge in [-0.2, -0.15) is 5.10 Å². The van der Waals surface area contributed by atoms with Crippen LogP contribution in [-0.4, -0.2) is 23.1 Å². The summed E-state index contributed by atoms with van der Waals surface area (Å²) in [6.45, 7) is 13.3. The molecule has 0 spiro atoms. The number of nitrogens with zero attached hydrogens (tertiary/aromatic N) is 3. The second kappa shape index (κ2) is 6.99. The Kier molecular flexibility index (Phi) is 5.44. The van der Waals surface area contributed by atoms with Crippen LogP contribution in [-0.2, 0) is 16.6 Å². The highest BCUT2D eigenvalue weighted by atomic mass is 35.5. The summed E-state index contributed by atoms with van der Waals surface area (Å²) in [5, 5.41) is 4.98. The van der Waals surface area contributed by atoms with Crippen LogP contribution < -0.4 is 0 Å². The number of hydrogen-bond acceptors (Lipinski definition) is 3. The molecule has 0 aliphatic rings. The van der Waals surface area contributed by atoms with Gasteiger partial charge in [-0.15, -0.1) is 6.58 Å². The first-order valence-electron chi connectivity index (χ1n) is 7.68. The highest BCUT2D eigenvalue weighted by Crippen LogP contribution is 2.39. The van der Waals surface area contributed by atoms with Crippen LogP contribution in [0.15, 0.2) is 49.6 Å². The van der Waals surface area contributed by atoms with Crippen LogP contribution in [0.1, 0.15) is 12.5 Å². The Hall–Kier alpha value is -1.43. The van der Waals surface area contributed by atoms with E-state index >= 15 is 0 Å². The Bertz CT molecular complexity index is 637. The largest absolute Gasteiger partial charge is 0.406 e. The van der Waals surface area contributed by atoms with Gasteiger partial charge in [-0.3, -0.25) is 0 Å². The van der Waals surface area contributed by atoms with Crippen LogP contribution in [0.5, 0.6) is 0 Å². The predicted molar refractivity (Wildman–Crippen MR) is 96.9 cm³/mol. The molecule has 124 valence electrons. The summed E-state index contributed by atoms with van der Waals surface area (Å²) in [5.74, 6) is 0.0969. The summed E-state index contributed by atoms with van der Waals surface area (Å²) in [5.41, 5.74) is 0.525. The minimum Gasteiger partial charge on any atom is -0.406 e. The summed E-state index contributed by atoms with van der Waals surface area (Å²) in [4.78, 5) is 4.06. The van der Waals surface area contributed by atoms with Gasteiger partial charge in [0.25, 0.3) is 0 Å². The Labute approximate surface area is 144 Å². The first-order chi connectivity index (χ1) is 10.8. The van der Waals surface area contributed by atoms with Crippen molar-refractivity contribution >= 4 is 19.9 Å². The fourth-order valence-electron chi connectivity index (χ4n) is 2.71. The first-order valence-corrected chi connectivity index (χ1v) is 11.5. The van der Waals surface area contributed by atoms with E-state index in [4.69, 9.17) is 16.0 Å². The third-order valence-electron chi connectivity index (χ3n) is 3.77. The third-order valence-corrected chi connectivity index (χ3v) is 5.00. The van der Waals surface area contributed by atoms with Crippen LogP contribution in [0.25, 0.3) is 0 Å². The van der Waals surface area contributed by atoms with Gasteiger partial charge in [-0.05, 0) is 37.3 Å². The van der Waals surface area contributed by atoms with Gasteiger partial charge >= 0.3 is 0 Å². The standard InChI is InChI=1S/C17H24ClN3OSi/c1-6-14(2)17(22-23(3,4)5,11-21-13-19-12-20-21)15-7-9-16(18)10-8-15/h6-10,12-14H,1,11H2,2-5H3/t14-,17-/m1/s1. The van der Waals surface area contributed by atoms with Gasteiger partial charge in [0.2, 0.25) is 0 Å². The second-order valence-corrected chi connectivity index (χ2v) is 11.6. The van der Waals surface area contributed by atoms with Crippen molar-refractivity contribution in [1.82, 2.24) is 14.8 Å². The van der Waals surface area contributed by atoms with E-state index in [1.165, 1.54) is 0 Å². The normalized spacial score (nSPS) is 15.9. The molecule has 0 unspecified atom stereocenters. The van der Waals surface area contributed by atoms with Crippen molar-refractivity contribution in [3.8, 4) is 0 Å². The first kappa shape index (κ1) is 17.9. The molecule has 0 saturated heterocycles. The fraction of sp³-hybridized carbons (Fsp3) is 0.412. The fourth-order valence-corrected chi connectivity index (χ4v) is 4.29. The maximum absolute atomic E-state index is 6.71. The molecule has 0 N–H and O–H groups in total. The highest BCUT2D eigenvalue weighted by Gasteiger charge is 2.42. The Morgan fingerprint density at radius 3 is 2.48 bits per heavy atom. The molecule has 0 amide bonds. The average molecular weight is 350 g/mol. The van der Waals surface area contributed by atoms with Crippen LogP contribution in [0.2, 0.25) is 24.7 Å². The van der Waals surface area contributed by atoms with E-state index in [-0.39, 0.29) is 5.92 Å². The van der Waals surface area contributed by atoms with E-state index in [9.17, 15) is 0 Å². The summed E-state index contributed by atoms with van der Waals surface area (Å²) >= 11 is 6.07. The molecule has 0 bridgehead atoms. The van der Waals surface area contributed by atoms with E-state index in [2.05, 4.69) is 43.2 Å². The molecule has 2 atom stereocenters. The summed E-state index contributed by atoms with van der Waals surface area (Å²) in [6.07, 6.45) is 5.19. The molecule has 2 rings (SSSR count). The van der Waals surface area contributed by atoms with E-state index in [0.717, 1.165) is 5.56 Å². The quantitative estimate of drug-likeness (QED) is 0.545. The van der Waals surface area contributed by atoms with Crippen LogP contribution >= 0.6 is 11.6 Å². The molecule has 2 aromatic rings. The van der Waals surface area contributed by atoms with Crippen molar-refractivity contribution < 1.29 is 4.43 Å². The van der Waals surface area contributed by atoms with Crippen LogP contribution in [0, 0.1) is 5.92 Å². The number of rotatable bonds is 7. The molecule has 1 heterocycles. The molecule has 0 aliphatic carbocycles. The molecule has 0 aliphatic heterocycles. The van der Waals surface area contributed by atoms with Gasteiger partial charge in [-0.1, -0.05) is 36.7 Å². The molecule has 1 aromatic carbocycles. The van der Waals surface area contributed by atoms with E-state index in [1.807, 2.05) is 35.0 Å². The van der Waals surface area contributed by atoms with Gasteiger partial charge in [0, 0.05) is 10.9 Å².